The van der Waals surface area contributed by atoms with E-state index < -0.39 is 22.4 Å². The lowest BCUT2D eigenvalue weighted by atomic mass is 9.79. The number of benzene rings is 3. The Kier molecular flexibility index (Phi) is 7.22. The molecule has 1 aliphatic carbocycles. The average molecular weight is 557 g/mol. The van der Waals surface area contributed by atoms with Crippen molar-refractivity contribution in [2.24, 2.45) is 0 Å². The fourth-order valence-corrected chi connectivity index (χ4v) is 6.81. The van der Waals surface area contributed by atoms with Gasteiger partial charge in [0.05, 0.1) is 17.1 Å². The normalized spacial score (nSPS) is 16.5. The molecule has 3 aromatic rings. The minimum Gasteiger partial charge on any atom is -0.334 e. The summed E-state index contributed by atoms with van der Waals surface area (Å²) in [5.41, 5.74) is 3.89. The quantitative estimate of drug-likeness (QED) is 0.363. The first-order valence-corrected chi connectivity index (χ1v) is 14.8. The molecule has 0 saturated heterocycles. The molecule has 1 spiro atoms. The van der Waals surface area contributed by atoms with E-state index in [9.17, 15) is 26.4 Å². The topological polar surface area (TPSA) is 66.5 Å². The van der Waals surface area contributed by atoms with Crippen molar-refractivity contribution in [3.8, 4) is 11.1 Å². The molecule has 0 atom stereocenters. The highest BCUT2D eigenvalue weighted by atomic mass is 32.2. The van der Waals surface area contributed by atoms with Crippen molar-refractivity contribution in [3.05, 3.63) is 83.4 Å². The molecule has 9 heteroatoms. The molecule has 206 valence electrons. The third-order valence-corrected chi connectivity index (χ3v) is 9.70. The number of fused-ring (bicyclic) bond motifs is 2. The number of hydrogen-bond acceptors (Lipinski definition) is 3. The van der Waals surface area contributed by atoms with Crippen LogP contribution in [0.1, 0.15) is 49.3 Å². The summed E-state index contributed by atoms with van der Waals surface area (Å²) in [5, 5.41) is 2.95. The third kappa shape index (κ3) is 5.55. The predicted octanol–water partition coefficient (Wildman–Crippen LogP) is 6.79. The van der Waals surface area contributed by atoms with Gasteiger partial charge in [-0.25, -0.2) is 13.2 Å². The first-order valence-electron chi connectivity index (χ1n) is 13.2. The van der Waals surface area contributed by atoms with Gasteiger partial charge in [-0.2, -0.15) is 13.2 Å². The number of nitrogens with zero attached hydrogens (tertiary/aromatic N) is 1. The molecule has 39 heavy (non-hydrogen) atoms. The molecule has 0 unspecified atom stereocenters. The Morgan fingerprint density at radius 2 is 1.69 bits per heavy atom. The van der Waals surface area contributed by atoms with Crippen molar-refractivity contribution in [1.82, 2.24) is 5.32 Å². The number of urea groups is 1. The monoisotopic (exact) mass is 556 g/mol. The Labute approximate surface area is 227 Å². The highest BCUT2D eigenvalue weighted by Crippen LogP contribution is 2.51. The van der Waals surface area contributed by atoms with Crippen LogP contribution in [0.25, 0.3) is 11.1 Å². The number of rotatable bonds is 6. The van der Waals surface area contributed by atoms with Crippen LogP contribution in [-0.4, -0.2) is 32.9 Å². The number of carbonyl (C=O) groups is 1. The van der Waals surface area contributed by atoms with Gasteiger partial charge in [0.25, 0.3) is 0 Å². The first kappa shape index (κ1) is 27.2. The second-order valence-electron chi connectivity index (χ2n) is 10.5. The van der Waals surface area contributed by atoms with Crippen LogP contribution < -0.4 is 10.2 Å². The second kappa shape index (κ2) is 10.3. The van der Waals surface area contributed by atoms with Crippen molar-refractivity contribution in [2.45, 2.75) is 62.1 Å². The van der Waals surface area contributed by atoms with Crippen LogP contribution >= 0.6 is 0 Å². The standard InChI is InChI=1S/C30H31F3N2O3S/c1-2-39(37,38)24-12-9-21(10-13-24)19-34-28(36)35-20-29(15-5-6-16-29)26-17-22(11-14-27(26)35)25-8-4-3-7-23(25)18-30(31,32)33/h3-4,7-14,17H,2,5-6,15-16,18-20H2,1H3,(H,34,36). The SMILES string of the molecule is CCS(=O)(=O)c1ccc(CNC(=O)N2CC3(CCCC3)c3cc(-c4ccccc4CC(F)(F)F)ccc32)cc1. The molecule has 3 aromatic carbocycles. The van der Waals surface area contributed by atoms with E-state index in [1.807, 2.05) is 12.1 Å². The minimum atomic E-state index is -4.31. The van der Waals surface area contributed by atoms with Crippen LogP contribution in [0.4, 0.5) is 23.7 Å². The molecule has 1 fully saturated rings. The van der Waals surface area contributed by atoms with E-state index in [-0.39, 0.29) is 34.2 Å². The van der Waals surface area contributed by atoms with Crippen molar-refractivity contribution in [3.63, 3.8) is 0 Å². The van der Waals surface area contributed by atoms with Crippen LogP contribution in [0.2, 0.25) is 0 Å². The van der Waals surface area contributed by atoms with Gasteiger partial charge >= 0.3 is 12.2 Å². The molecule has 5 rings (SSSR count). The summed E-state index contributed by atoms with van der Waals surface area (Å²) in [6.45, 7) is 2.36. The Morgan fingerprint density at radius 1 is 1.00 bits per heavy atom. The van der Waals surface area contributed by atoms with E-state index in [4.69, 9.17) is 0 Å². The molecular weight excluding hydrogens is 525 g/mol. The third-order valence-electron chi connectivity index (χ3n) is 7.95. The molecule has 1 heterocycles. The summed E-state index contributed by atoms with van der Waals surface area (Å²) in [4.78, 5) is 15.3. The summed E-state index contributed by atoms with van der Waals surface area (Å²) in [5.74, 6) is 0.0226. The van der Waals surface area contributed by atoms with Gasteiger partial charge in [0.15, 0.2) is 9.84 Å². The van der Waals surface area contributed by atoms with Gasteiger partial charge in [-0.05, 0) is 64.9 Å². The van der Waals surface area contributed by atoms with Crippen LogP contribution in [0.15, 0.2) is 71.6 Å². The van der Waals surface area contributed by atoms with E-state index in [2.05, 4.69) is 5.32 Å². The Hall–Kier alpha value is -3.33. The molecule has 2 aliphatic rings. The highest BCUT2D eigenvalue weighted by Gasteiger charge is 2.46. The van der Waals surface area contributed by atoms with Crippen LogP contribution in [0.3, 0.4) is 0 Å². The fourth-order valence-electron chi connectivity index (χ4n) is 5.92. The predicted molar refractivity (Wildman–Crippen MR) is 146 cm³/mol. The first-order chi connectivity index (χ1) is 18.5. The highest BCUT2D eigenvalue weighted by molar-refractivity contribution is 7.91. The van der Waals surface area contributed by atoms with Gasteiger partial charge in [0.1, 0.15) is 0 Å². The van der Waals surface area contributed by atoms with E-state index >= 15 is 0 Å². The summed E-state index contributed by atoms with van der Waals surface area (Å²) in [6.07, 6.45) is -1.38. The molecule has 0 aromatic heterocycles. The lowest BCUT2D eigenvalue weighted by Gasteiger charge is -2.25. The van der Waals surface area contributed by atoms with Gasteiger partial charge in [-0.1, -0.05) is 62.2 Å². The number of anilines is 1. The Balaban J connectivity index is 1.40. The van der Waals surface area contributed by atoms with Gasteiger partial charge < -0.3 is 5.32 Å². The van der Waals surface area contributed by atoms with Crippen LogP contribution in [-0.2, 0) is 28.2 Å². The number of alkyl halides is 3. The van der Waals surface area contributed by atoms with E-state index in [1.165, 1.54) is 6.07 Å². The second-order valence-corrected chi connectivity index (χ2v) is 12.7. The maximum absolute atomic E-state index is 13.4. The summed E-state index contributed by atoms with van der Waals surface area (Å²) < 4.78 is 63.8. The summed E-state index contributed by atoms with van der Waals surface area (Å²) in [6, 6.07) is 18.5. The molecule has 1 N–H and O–H groups in total. The minimum absolute atomic E-state index is 0.0226. The van der Waals surface area contributed by atoms with Crippen molar-refractivity contribution in [1.29, 1.82) is 0 Å². The summed E-state index contributed by atoms with van der Waals surface area (Å²) >= 11 is 0. The number of sulfone groups is 1. The van der Waals surface area contributed by atoms with Gasteiger partial charge in [0, 0.05) is 24.2 Å². The van der Waals surface area contributed by atoms with Gasteiger partial charge in [-0.15, -0.1) is 0 Å². The molecular formula is C30H31F3N2O3S. The largest absolute Gasteiger partial charge is 0.393 e. The maximum Gasteiger partial charge on any atom is 0.393 e. The zero-order valence-corrected chi connectivity index (χ0v) is 22.5. The number of halogens is 3. The molecule has 0 bridgehead atoms. The fraction of sp³-hybridized carbons (Fsp3) is 0.367. The zero-order valence-electron chi connectivity index (χ0n) is 21.7. The van der Waals surface area contributed by atoms with Gasteiger partial charge in [0.2, 0.25) is 0 Å². The van der Waals surface area contributed by atoms with E-state index in [0.717, 1.165) is 48.1 Å². The lowest BCUT2D eigenvalue weighted by molar-refractivity contribution is -0.127. The molecule has 1 saturated carbocycles. The Morgan fingerprint density at radius 3 is 2.36 bits per heavy atom. The molecule has 0 radical (unpaired) electrons. The van der Waals surface area contributed by atoms with E-state index in [1.54, 1.807) is 60.4 Å². The van der Waals surface area contributed by atoms with Crippen molar-refractivity contribution >= 4 is 21.6 Å². The smallest absolute Gasteiger partial charge is 0.334 e. The number of carbonyl (C=O) groups excluding carboxylic acids is 1. The van der Waals surface area contributed by atoms with Crippen LogP contribution in [0, 0.1) is 0 Å². The Bertz CT molecular complexity index is 1480. The molecule has 1 aliphatic heterocycles. The van der Waals surface area contributed by atoms with E-state index in [0.29, 0.717) is 12.1 Å². The number of hydrogen-bond donors (Lipinski definition) is 1. The number of amides is 2. The summed E-state index contributed by atoms with van der Waals surface area (Å²) in [7, 11) is -3.29. The maximum atomic E-state index is 13.4. The van der Waals surface area contributed by atoms with Crippen molar-refractivity contribution < 1.29 is 26.4 Å². The van der Waals surface area contributed by atoms with Gasteiger partial charge in [-0.3, -0.25) is 4.90 Å². The van der Waals surface area contributed by atoms with Crippen molar-refractivity contribution in [2.75, 3.05) is 17.2 Å². The van der Waals surface area contributed by atoms with Crippen LogP contribution in [0.5, 0.6) is 0 Å². The number of nitrogens with one attached hydrogen (secondary N) is 1. The lowest BCUT2D eigenvalue weighted by Crippen LogP contribution is -2.41. The molecule has 2 amide bonds. The zero-order chi connectivity index (χ0) is 27.8. The average Bonchev–Trinajstić information content (AvgIpc) is 3.52. The molecule has 5 nitrogen and oxygen atoms in total.